The van der Waals surface area contributed by atoms with E-state index in [1.165, 1.54) is 0 Å². The van der Waals surface area contributed by atoms with Crippen molar-refractivity contribution in [2.75, 3.05) is 5.73 Å². The van der Waals surface area contributed by atoms with Crippen LogP contribution in [0.2, 0.25) is 0 Å². The van der Waals surface area contributed by atoms with Crippen LogP contribution in [0.15, 0.2) is 24.3 Å². The van der Waals surface area contributed by atoms with Gasteiger partial charge in [0.2, 0.25) is 5.91 Å². The molecule has 0 aromatic heterocycles. The van der Waals surface area contributed by atoms with E-state index in [2.05, 4.69) is 19.2 Å². The molecule has 3 nitrogen and oxygen atoms in total. The van der Waals surface area contributed by atoms with Crippen molar-refractivity contribution >= 4 is 11.6 Å². The topological polar surface area (TPSA) is 55.1 Å². The van der Waals surface area contributed by atoms with Crippen LogP contribution in [0.3, 0.4) is 0 Å². The summed E-state index contributed by atoms with van der Waals surface area (Å²) in [5.74, 6) is -0.0546. The van der Waals surface area contributed by atoms with Crippen molar-refractivity contribution in [1.29, 1.82) is 0 Å². The van der Waals surface area contributed by atoms with E-state index in [0.29, 0.717) is 11.7 Å². The number of amides is 1. The van der Waals surface area contributed by atoms with E-state index in [0.717, 1.165) is 12.0 Å². The van der Waals surface area contributed by atoms with Crippen LogP contribution in [0, 0.1) is 5.41 Å². The van der Waals surface area contributed by atoms with Crippen LogP contribution in [0.5, 0.6) is 0 Å². The molecule has 1 saturated carbocycles. The average molecular weight is 232 g/mol. The maximum atomic E-state index is 12.0. The Bertz CT molecular complexity index is 440. The number of rotatable bonds is 3. The minimum atomic E-state index is -0.144. The SMILES string of the molecule is CC(C(=O)NC1CC1(C)C)c1cccc(N)c1. The van der Waals surface area contributed by atoms with Crippen LogP contribution in [-0.2, 0) is 4.79 Å². The minimum absolute atomic E-state index is 0.0891. The standard InChI is InChI=1S/C14H20N2O/c1-9(10-5-4-6-11(15)7-10)13(17)16-12-8-14(12,2)3/h4-7,9,12H,8,15H2,1-3H3,(H,16,17). The van der Waals surface area contributed by atoms with Gasteiger partial charge >= 0.3 is 0 Å². The highest BCUT2D eigenvalue weighted by molar-refractivity contribution is 5.84. The summed E-state index contributed by atoms with van der Waals surface area (Å²) < 4.78 is 0. The molecule has 0 radical (unpaired) electrons. The van der Waals surface area contributed by atoms with Gasteiger partial charge in [0.15, 0.2) is 0 Å². The summed E-state index contributed by atoms with van der Waals surface area (Å²) in [6.07, 6.45) is 1.07. The molecule has 2 unspecified atom stereocenters. The molecule has 1 aromatic rings. The number of nitrogens with one attached hydrogen (secondary N) is 1. The van der Waals surface area contributed by atoms with Crippen molar-refractivity contribution in [2.45, 2.75) is 39.2 Å². The van der Waals surface area contributed by atoms with Crippen molar-refractivity contribution in [3.63, 3.8) is 0 Å². The predicted octanol–water partition coefficient (Wildman–Crippen LogP) is 2.29. The highest BCUT2D eigenvalue weighted by Gasteiger charge is 2.46. The second kappa shape index (κ2) is 4.06. The summed E-state index contributed by atoms with van der Waals surface area (Å²) in [5, 5.41) is 3.08. The second-order valence-electron chi connectivity index (χ2n) is 5.65. The van der Waals surface area contributed by atoms with E-state index in [-0.39, 0.29) is 17.2 Å². The van der Waals surface area contributed by atoms with Gasteiger partial charge in [-0.05, 0) is 36.5 Å². The average Bonchev–Trinajstić information content (AvgIpc) is 2.84. The molecule has 2 rings (SSSR count). The zero-order chi connectivity index (χ0) is 12.6. The largest absolute Gasteiger partial charge is 0.399 e. The smallest absolute Gasteiger partial charge is 0.227 e. The third kappa shape index (κ3) is 2.60. The lowest BCUT2D eigenvalue weighted by Gasteiger charge is -2.14. The molecule has 0 heterocycles. The molecular formula is C14H20N2O. The van der Waals surface area contributed by atoms with E-state index < -0.39 is 0 Å². The highest BCUT2D eigenvalue weighted by atomic mass is 16.2. The van der Waals surface area contributed by atoms with Crippen LogP contribution >= 0.6 is 0 Å². The molecule has 1 aliphatic rings. The highest BCUT2D eigenvalue weighted by Crippen LogP contribution is 2.44. The summed E-state index contributed by atoms with van der Waals surface area (Å²) in [6, 6.07) is 7.85. The summed E-state index contributed by atoms with van der Waals surface area (Å²) in [4.78, 5) is 12.0. The number of anilines is 1. The molecule has 1 amide bonds. The normalized spacial score (nSPS) is 22.9. The summed E-state index contributed by atoms with van der Waals surface area (Å²) in [6.45, 7) is 6.26. The molecule has 2 atom stereocenters. The number of carbonyl (C=O) groups excluding carboxylic acids is 1. The van der Waals surface area contributed by atoms with Gasteiger partial charge in [-0.3, -0.25) is 4.79 Å². The first-order valence-electron chi connectivity index (χ1n) is 6.06. The number of nitrogens with two attached hydrogens (primary N) is 1. The van der Waals surface area contributed by atoms with Crippen LogP contribution in [-0.4, -0.2) is 11.9 Å². The first-order valence-corrected chi connectivity index (χ1v) is 6.06. The lowest BCUT2D eigenvalue weighted by atomic mass is 9.99. The lowest BCUT2D eigenvalue weighted by Crippen LogP contribution is -2.32. The zero-order valence-corrected chi connectivity index (χ0v) is 10.7. The fourth-order valence-corrected chi connectivity index (χ4v) is 1.99. The first-order chi connectivity index (χ1) is 7.90. The Hall–Kier alpha value is -1.51. The van der Waals surface area contributed by atoms with E-state index >= 15 is 0 Å². The molecule has 1 aliphatic carbocycles. The summed E-state index contributed by atoms with van der Waals surface area (Å²) >= 11 is 0. The Balaban J connectivity index is 2.00. The lowest BCUT2D eigenvalue weighted by molar-refractivity contribution is -0.122. The quantitative estimate of drug-likeness (QED) is 0.786. The molecule has 0 aliphatic heterocycles. The van der Waals surface area contributed by atoms with E-state index in [4.69, 9.17) is 5.73 Å². The van der Waals surface area contributed by atoms with Gasteiger partial charge in [0.1, 0.15) is 0 Å². The molecule has 3 N–H and O–H groups in total. The van der Waals surface area contributed by atoms with Crippen molar-refractivity contribution < 1.29 is 4.79 Å². The number of hydrogen-bond donors (Lipinski definition) is 2. The Labute approximate surface area is 102 Å². The summed E-state index contributed by atoms with van der Waals surface area (Å²) in [5.41, 5.74) is 7.67. The van der Waals surface area contributed by atoms with Crippen molar-refractivity contribution in [3.8, 4) is 0 Å². The third-order valence-electron chi connectivity index (χ3n) is 3.63. The number of hydrogen-bond acceptors (Lipinski definition) is 2. The molecular weight excluding hydrogens is 212 g/mol. The number of carbonyl (C=O) groups is 1. The summed E-state index contributed by atoms with van der Waals surface area (Å²) in [7, 11) is 0. The Kier molecular flexibility index (Phi) is 2.86. The van der Waals surface area contributed by atoms with Gasteiger partial charge in [0.25, 0.3) is 0 Å². The molecule has 0 saturated heterocycles. The molecule has 3 heteroatoms. The second-order valence-corrected chi connectivity index (χ2v) is 5.65. The van der Waals surface area contributed by atoms with E-state index in [1.54, 1.807) is 0 Å². The molecule has 92 valence electrons. The van der Waals surface area contributed by atoms with E-state index in [9.17, 15) is 4.79 Å². The Morgan fingerprint density at radius 3 is 2.71 bits per heavy atom. The van der Waals surface area contributed by atoms with Gasteiger partial charge in [-0.25, -0.2) is 0 Å². The van der Waals surface area contributed by atoms with Crippen molar-refractivity contribution in [1.82, 2.24) is 5.32 Å². The fraction of sp³-hybridized carbons (Fsp3) is 0.500. The van der Waals surface area contributed by atoms with Gasteiger partial charge in [0, 0.05) is 11.7 Å². The first kappa shape index (κ1) is 12.0. The van der Waals surface area contributed by atoms with Crippen molar-refractivity contribution in [3.05, 3.63) is 29.8 Å². The minimum Gasteiger partial charge on any atom is -0.399 e. The molecule has 1 fully saturated rings. The van der Waals surface area contributed by atoms with Crippen LogP contribution in [0.4, 0.5) is 5.69 Å². The Morgan fingerprint density at radius 2 is 2.18 bits per heavy atom. The molecule has 17 heavy (non-hydrogen) atoms. The molecule has 1 aromatic carbocycles. The number of nitrogen functional groups attached to an aromatic ring is 1. The van der Waals surface area contributed by atoms with Gasteiger partial charge in [-0.15, -0.1) is 0 Å². The van der Waals surface area contributed by atoms with Gasteiger partial charge < -0.3 is 11.1 Å². The fourth-order valence-electron chi connectivity index (χ4n) is 1.99. The van der Waals surface area contributed by atoms with Crippen LogP contribution < -0.4 is 11.1 Å². The van der Waals surface area contributed by atoms with Gasteiger partial charge in [-0.2, -0.15) is 0 Å². The van der Waals surface area contributed by atoms with Gasteiger partial charge in [0.05, 0.1) is 5.92 Å². The predicted molar refractivity (Wildman–Crippen MR) is 69.6 cm³/mol. The zero-order valence-electron chi connectivity index (χ0n) is 10.7. The van der Waals surface area contributed by atoms with Crippen LogP contribution in [0.1, 0.15) is 38.7 Å². The monoisotopic (exact) mass is 232 g/mol. The van der Waals surface area contributed by atoms with E-state index in [1.807, 2.05) is 31.2 Å². The maximum absolute atomic E-state index is 12.0. The number of benzene rings is 1. The van der Waals surface area contributed by atoms with Crippen LogP contribution in [0.25, 0.3) is 0 Å². The Morgan fingerprint density at radius 1 is 1.53 bits per heavy atom. The van der Waals surface area contributed by atoms with Gasteiger partial charge in [-0.1, -0.05) is 26.0 Å². The maximum Gasteiger partial charge on any atom is 0.227 e. The van der Waals surface area contributed by atoms with Crippen molar-refractivity contribution in [2.24, 2.45) is 5.41 Å². The third-order valence-corrected chi connectivity index (χ3v) is 3.63. The molecule has 0 bridgehead atoms. The molecule has 0 spiro atoms.